The van der Waals surface area contributed by atoms with Crippen molar-refractivity contribution in [2.45, 2.75) is 72.7 Å². The molecule has 5 aromatic carbocycles. The maximum absolute atomic E-state index is 5.60. The molecule has 1 fully saturated rings. The Bertz CT molecular complexity index is 1050. The molecule has 0 N–H and O–H groups in total. The molecule has 1 nitrogen and oxygen atoms in total. The summed E-state index contributed by atoms with van der Waals surface area (Å²) in [7, 11) is -0.474. The van der Waals surface area contributed by atoms with Crippen LogP contribution in [-0.2, 0) is 4.74 Å². The first-order valence-electron chi connectivity index (χ1n) is 15.5. The normalized spacial score (nSPS) is 12.9. The smallest absolute Gasteiger partial charge is 0.0656 e. The Morgan fingerprint density at radius 3 is 0.818 bits per heavy atom. The van der Waals surface area contributed by atoms with E-state index in [0.29, 0.717) is 5.73 Å². The summed E-state index contributed by atoms with van der Waals surface area (Å²) in [5.41, 5.74) is 7.15. The van der Waals surface area contributed by atoms with Gasteiger partial charge in [0.2, 0.25) is 0 Å². The molecule has 1 aliphatic heterocycles. The number of hydrogen-bond acceptors (Lipinski definition) is 1. The molecule has 1 saturated heterocycles. The van der Waals surface area contributed by atoms with Crippen molar-refractivity contribution in [2.75, 3.05) is 6.61 Å². The highest BCUT2D eigenvalue weighted by Crippen LogP contribution is 2.14. The molecule has 1 atom stereocenters. The number of rotatable bonds is 1. The maximum atomic E-state index is 5.60. The molecular formula is C42H51OSi. The molecule has 6 rings (SSSR count). The number of ether oxygens (including phenoxy) is 1. The molecule has 5 aromatic rings. The van der Waals surface area contributed by atoms with Gasteiger partial charge in [0.05, 0.1) is 8.80 Å². The van der Waals surface area contributed by atoms with E-state index >= 15 is 0 Å². The molecular weight excluding hydrogens is 549 g/mol. The Morgan fingerprint density at radius 1 is 0.455 bits per heavy atom. The van der Waals surface area contributed by atoms with Crippen LogP contribution in [-0.4, -0.2) is 21.1 Å². The topological polar surface area (TPSA) is 9.23 Å². The van der Waals surface area contributed by atoms with Gasteiger partial charge in [-0.15, -0.1) is 0 Å². The largest absolute Gasteiger partial charge is 0.382 e. The van der Waals surface area contributed by atoms with Crippen molar-refractivity contribution < 1.29 is 4.74 Å². The van der Waals surface area contributed by atoms with E-state index in [4.69, 9.17) is 4.74 Å². The fourth-order valence-electron chi connectivity index (χ4n) is 3.64. The van der Waals surface area contributed by atoms with Gasteiger partial charge in [-0.05, 0) is 84.2 Å². The molecule has 0 saturated carbocycles. The minimum absolute atomic E-state index is 0.474. The first-order valence-corrected chi connectivity index (χ1v) is 18.5. The summed E-state index contributed by atoms with van der Waals surface area (Å²) in [6, 6.07) is 54.1. The standard InChI is InChI=1S/C7H16OSi.5C7H7/c1-9(2)7-5-3-4-6-8-7;5*1-7-5-3-2-4-6-7/h7,9H,3-6H2,1-2H3;5*3-6H,1H3. The van der Waals surface area contributed by atoms with Crippen LogP contribution >= 0.6 is 0 Å². The number of benzene rings is 5. The summed E-state index contributed by atoms with van der Waals surface area (Å²) in [6.07, 6.45) is 4.03. The number of hydrogen-bond donors (Lipinski definition) is 0. The Hall–Kier alpha value is -3.72. The predicted octanol–water partition coefficient (Wildman–Crippen LogP) is 10.6. The van der Waals surface area contributed by atoms with Crippen LogP contribution in [0.3, 0.4) is 0 Å². The molecule has 1 aliphatic rings. The van der Waals surface area contributed by atoms with Crippen molar-refractivity contribution in [3.05, 3.63) is 179 Å². The summed E-state index contributed by atoms with van der Waals surface area (Å²) in [5.74, 6) is 0. The first kappa shape index (κ1) is 38.3. The quantitative estimate of drug-likeness (QED) is 0.174. The van der Waals surface area contributed by atoms with Crippen LogP contribution in [0.25, 0.3) is 0 Å². The average molecular weight is 600 g/mol. The molecule has 2 heteroatoms. The van der Waals surface area contributed by atoms with Crippen LogP contribution in [0.15, 0.2) is 121 Å². The summed E-state index contributed by atoms with van der Waals surface area (Å²) in [4.78, 5) is 0. The Balaban J connectivity index is 0.000000265. The Labute approximate surface area is 271 Å². The van der Waals surface area contributed by atoms with Gasteiger partial charge in [0.25, 0.3) is 0 Å². The van der Waals surface area contributed by atoms with Crippen molar-refractivity contribution in [1.82, 2.24) is 0 Å². The molecule has 5 radical (unpaired) electrons. The van der Waals surface area contributed by atoms with Crippen molar-refractivity contribution in [2.24, 2.45) is 0 Å². The number of aryl methyl sites for hydroxylation is 5. The summed E-state index contributed by atoms with van der Waals surface area (Å²) in [6.45, 7) is 16.1. The summed E-state index contributed by atoms with van der Waals surface area (Å²) >= 11 is 0. The van der Waals surface area contributed by atoms with Gasteiger partial charge in [0.15, 0.2) is 0 Å². The van der Waals surface area contributed by atoms with E-state index in [9.17, 15) is 0 Å². The van der Waals surface area contributed by atoms with Crippen molar-refractivity contribution in [3.8, 4) is 0 Å². The van der Waals surface area contributed by atoms with Gasteiger partial charge < -0.3 is 4.74 Å². The van der Waals surface area contributed by atoms with E-state index in [0.717, 1.165) is 6.61 Å². The molecule has 1 heterocycles. The summed E-state index contributed by atoms with van der Waals surface area (Å²) < 4.78 is 5.60. The highest BCUT2D eigenvalue weighted by molar-refractivity contribution is 6.57. The lowest BCUT2D eigenvalue weighted by atomic mass is 10.2. The highest BCUT2D eigenvalue weighted by Gasteiger charge is 2.17. The van der Waals surface area contributed by atoms with Crippen molar-refractivity contribution in [1.29, 1.82) is 0 Å². The lowest BCUT2D eigenvalue weighted by Crippen LogP contribution is -2.31. The molecule has 0 aliphatic carbocycles. The fraction of sp³-hybridized carbons (Fsp3) is 0.286. The fourth-order valence-corrected chi connectivity index (χ4v) is 5.07. The highest BCUT2D eigenvalue weighted by atomic mass is 28.3. The lowest BCUT2D eigenvalue weighted by molar-refractivity contribution is 0.0631. The minimum atomic E-state index is -0.474. The van der Waals surface area contributed by atoms with Gasteiger partial charge in [-0.1, -0.05) is 162 Å². The van der Waals surface area contributed by atoms with Crippen molar-refractivity contribution >= 4 is 8.80 Å². The van der Waals surface area contributed by atoms with Gasteiger partial charge in [0, 0.05) is 12.3 Å². The van der Waals surface area contributed by atoms with Crippen molar-refractivity contribution in [3.63, 3.8) is 0 Å². The Morgan fingerprint density at radius 2 is 0.705 bits per heavy atom. The zero-order valence-electron chi connectivity index (χ0n) is 27.9. The van der Waals surface area contributed by atoms with Gasteiger partial charge in [-0.3, -0.25) is 0 Å². The monoisotopic (exact) mass is 599 g/mol. The molecule has 229 valence electrons. The second kappa shape index (κ2) is 25.7. The van der Waals surface area contributed by atoms with E-state index in [1.165, 1.54) is 47.1 Å². The lowest BCUT2D eigenvalue weighted by Gasteiger charge is -2.24. The molecule has 0 spiro atoms. The SMILES string of the molecule is C[SiH](C)C1CCCCO1.Cc1cc[c]cc1.Cc1cc[c]cc1.Cc1cc[c]cc1.Cc1cc[c]cc1.Cc1cc[c]cc1. The van der Waals surface area contributed by atoms with Gasteiger partial charge in [0.1, 0.15) is 0 Å². The van der Waals surface area contributed by atoms with Crippen LogP contribution < -0.4 is 0 Å². The second-order valence-electron chi connectivity index (χ2n) is 11.0. The third-order valence-electron chi connectivity index (χ3n) is 6.38. The first-order chi connectivity index (χ1) is 21.3. The Kier molecular flexibility index (Phi) is 22.4. The minimum Gasteiger partial charge on any atom is -0.382 e. The zero-order chi connectivity index (χ0) is 32.3. The van der Waals surface area contributed by atoms with Gasteiger partial charge in [-0.2, -0.15) is 0 Å². The van der Waals surface area contributed by atoms with Crippen LogP contribution in [0, 0.1) is 65.0 Å². The summed E-state index contributed by atoms with van der Waals surface area (Å²) in [5, 5.41) is 0. The van der Waals surface area contributed by atoms with Crippen LogP contribution in [0.1, 0.15) is 47.1 Å². The second-order valence-corrected chi connectivity index (χ2v) is 14.3. The predicted molar refractivity (Wildman–Crippen MR) is 193 cm³/mol. The third-order valence-corrected chi connectivity index (χ3v) is 8.40. The van der Waals surface area contributed by atoms with E-state index in [2.05, 4.69) is 78.0 Å². The van der Waals surface area contributed by atoms with Crippen LogP contribution in [0.2, 0.25) is 13.1 Å². The van der Waals surface area contributed by atoms with Crippen LogP contribution in [0.5, 0.6) is 0 Å². The molecule has 0 aromatic heterocycles. The third kappa shape index (κ3) is 22.8. The molecule has 1 unspecified atom stereocenters. The molecule has 44 heavy (non-hydrogen) atoms. The molecule has 0 bridgehead atoms. The van der Waals surface area contributed by atoms with E-state index in [-0.39, 0.29) is 0 Å². The average Bonchev–Trinajstić information content (AvgIpc) is 3.05. The maximum Gasteiger partial charge on any atom is 0.0656 e. The van der Waals surface area contributed by atoms with Crippen LogP contribution in [0.4, 0.5) is 0 Å². The van der Waals surface area contributed by atoms with E-state index < -0.39 is 8.80 Å². The molecule has 0 amide bonds. The zero-order valence-corrected chi connectivity index (χ0v) is 29.1. The van der Waals surface area contributed by atoms with E-state index in [1.807, 2.05) is 121 Å². The van der Waals surface area contributed by atoms with Gasteiger partial charge >= 0.3 is 0 Å². The van der Waals surface area contributed by atoms with E-state index in [1.54, 1.807) is 0 Å². The van der Waals surface area contributed by atoms with Gasteiger partial charge in [-0.25, -0.2) is 0 Å².